The van der Waals surface area contributed by atoms with Crippen LogP contribution in [0.5, 0.6) is 0 Å². The van der Waals surface area contributed by atoms with E-state index in [1.165, 1.54) is 11.0 Å². The lowest BCUT2D eigenvalue weighted by Gasteiger charge is -2.10. The van der Waals surface area contributed by atoms with Gasteiger partial charge in [-0.05, 0) is 31.2 Å². The van der Waals surface area contributed by atoms with Crippen LogP contribution in [-0.2, 0) is 0 Å². The molecule has 150 valence electrons. The number of amides is 1. The summed E-state index contributed by atoms with van der Waals surface area (Å²) in [7, 11) is 3.40. The predicted molar refractivity (Wildman–Crippen MR) is 109 cm³/mol. The number of nitrogens with zero attached hydrogens (tertiary/aromatic N) is 5. The molecule has 2 aromatic heterocycles. The molecule has 4 rings (SSSR count). The van der Waals surface area contributed by atoms with E-state index >= 15 is 0 Å². The Morgan fingerprint density at radius 3 is 2.40 bits per heavy atom. The van der Waals surface area contributed by atoms with Gasteiger partial charge in [0, 0.05) is 25.2 Å². The molecule has 0 aliphatic heterocycles. The molecule has 0 aliphatic rings. The molecule has 0 atom stereocenters. The first-order valence-corrected chi connectivity index (χ1v) is 9.18. The van der Waals surface area contributed by atoms with E-state index in [0.29, 0.717) is 22.6 Å². The third-order valence-corrected chi connectivity index (χ3v) is 4.52. The number of aromatic nitrogens is 4. The van der Waals surface area contributed by atoms with Crippen LogP contribution in [0.1, 0.15) is 16.1 Å². The van der Waals surface area contributed by atoms with E-state index in [0.717, 1.165) is 5.56 Å². The van der Waals surface area contributed by atoms with Gasteiger partial charge in [0.25, 0.3) is 17.7 Å². The Labute approximate surface area is 172 Å². The molecule has 0 N–H and O–H groups in total. The van der Waals surface area contributed by atoms with Gasteiger partial charge >= 0.3 is 0 Å². The summed E-state index contributed by atoms with van der Waals surface area (Å²) >= 11 is 0. The van der Waals surface area contributed by atoms with E-state index in [9.17, 15) is 9.18 Å². The average Bonchev–Trinajstić information content (AvgIpc) is 3.23. The van der Waals surface area contributed by atoms with Crippen LogP contribution in [0, 0.1) is 12.7 Å². The topological polar surface area (TPSA) is 85.0 Å². The minimum Gasteiger partial charge on any atom is -0.414 e. The van der Waals surface area contributed by atoms with Crippen molar-refractivity contribution in [2.24, 2.45) is 0 Å². The van der Waals surface area contributed by atoms with E-state index in [-0.39, 0.29) is 23.3 Å². The second-order valence-electron chi connectivity index (χ2n) is 6.86. The SMILES string of the molecule is Cc1ncc(-c2ccc(C(=O)N(C)C)cc2)nc1-c1nnc(-c2ccccc2F)o1. The number of halogens is 1. The fourth-order valence-electron chi connectivity index (χ4n) is 2.90. The van der Waals surface area contributed by atoms with Gasteiger partial charge in [0.2, 0.25) is 0 Å². The van der Waals surface area contributed by atoms with Gasteiger partial charge in [-0.15, -0.1) is 10.2 Å². The van der Waals surface area contributed by atoms with Crippen LogP contribution in [-0.4, -0.2) is 45.1 Å². The van der Waals surface area contributed by atoms with Gasteiger partial charge in [-0.25, -0.2) is 9.37 Å². The summed E-state index contributed by atoms with van der Waals surface area (Å²) in [6, 6.07) is 13.3. The van der Waals surface area contributed by atoms with Crippen molar-refractivity contribution in [3.05, 3.63) is 71.8 Å². The lowest BCUT2D eigenvalue weighted by Crippen LogP contribution is -2.21. The van der Waals surface area contributed by atoms with Gasteiger partial charge in [-0.2, -0.15) is 0 Å². The summed E-state index contributed by atoms with van der Waals surface area (Å²) in [5.74, 6) is -0.304. The zero-order valence-corrected chi connectivity index (χ0v) is 16.6. The lowest BCUT2D eigenvalue weighted by atomic mass is 10.1. The van der Waals surface area contributed by atoms with Crippen LogP contribution in [0.3, 0.4) is 0 Å². The summed E-state index contributed by atoms with van der Waals surface area (Å²) in [6.45, 7) is 1.78. The van der Waals surface area contributed by atoms with Crippen molar-refractivity contribution >= 4 is 5.91 Å². The number of carbonyl (C=O) groups is 1. The summed E-state index contributed by atoms with van der Waals surface area (Å²) in [4.78, 5) is 22.6. The fraction of sp³-hybridized carbons (Fsp3) is 0.136. The molecule has 30 heavy (non-hydrogen) atoms. The van der Waals surface area contributed by atoms with E-state index in [2.05, 4.69) is 20.2 Å². The number of carbonyl (C=O) groups excluding carboxylic acids is 1. The standard InChI is InChI=1S/C22H18FN5O2/c1-13-19(21-27-26-20(30-21)16-6-4-5-7-17(16)23)25-18(12-24-13)14-8-10-15(11-9-14)22(29)28(2)3/h4-12H,1-3H3. The first-order chi connectivity index (χ1) is 14.4. The van der Waals surface area contributed by atoms with E-state index < -0.39 is 5.82 Å². The normalized spacial score (nSPS) is 10.8. The lowest BCUT2D eigenvalue weighted by molar-refractivity contribution is 0.0827. The molecule has 0 unspecified atom stereocenters. The van der Waals surface area contributed by atoms with Gasteiger partial charge in [0.1, 0.15) is 11.5 Å². The fourth-order valence-corrected chi connectivity index (χ4v) is 2.90. The molecule has 0 aliphatic carbocycles. The van der Waals surface area contributed by atoms with Crippen LogP contribution >= 0.6 is 0 Å². The highest BCUT2D eigenvalue weighted by Crippen LogP contribution is 2.27. The molecule has 0 fully saturated rings. The Hall–Kier alpha value is -3.94. The van der Waals surface area contributed by atoms with Crippen molar-refractivity contribution < 1.29 is 13.6 Å². The summed E-state index contributed by atoms with van der Waals surface area (Å²) in [5, 5.41) is 7.97. The molecule has 0 saturated carbocycles. The molecular weight excluding hydrogens is 385 g/mol. The zero-order chi connectivity index (χ0) is 21.3. The van der Waals surface area contributed by atoms with Crippen LogP contribution in [0.2, 0.25) is 0 Å². The van der Waals surface area contributed by atoms with Gasteiger partial charge in [0.05, 0.1) is 23.1 Å². The maximum atomic E-state index is 14.0. The quantitative estimate of drug-likeness (QED) is 0.512. The van der Waals surface area contributed by atoms with Crippen molar-refractivity contribution in [1.29, 1.82) is 0 Å². The first kappa shape index (κ1) is 19.4. The van der Waals surface area contributed by atoms with Crippen LogP contribution < -0.4 is 0 Å². The molecule has 7 nitrogen and oxygen atoms in total. The molecule has 0 bridgehead atoms. The van der Waals surface area contributed by atoms with Crippen LogP contribution in [0.15, 0.2) is 59.1 Å². The molecule has 4 aromatic rings. The molecule has 0 radical (unpaired) electrons. The number of hydrogen-bond acceptors (Lipinski definition) is 6. The van der Waals surface area contributed by atoms with Crippen molar-refractivity contribution in [2.45, 2.75) is 6.92 Å². The summed E-state index contributed by atoms with van der Waals surface area (Å²) < 4.78 is 19.7. The highest BCUT2D eigenvalue weighted by Gasteiger charge is 2.18. The number of benzene rings is 2. The minimum absolute atomic E-state index is 0.0706. The maximum absolute atomic E-state index is 14.0. The Morgan fingerprint density at radius 1 is 1.00 bits per heavy atom. The third-order valence-electron chi connectivity index (χ3n) is 4.52. The van der Waals surface area contributed by atoms with Crippen molar-refractivity contribution in [1.82, 2.24) is 25.1 Å². The molecular formula is C22H18FN5O2. The zero-order valence-electron chi connectivity index (χ0n) is 16.6. The van der Waals surface area contributed by atoms with Gasteiger partial charge in [0.15, 0.2) is 0 Å². The van der Waals surface area contributed by atoms with E-state index in [4.69, 9.17) is 4.42 Å². The van der Waals surface area contributed by atoms with Crippen LogP contribution in [0.25, 0.3) is 34.3 Å². The Balaban J connectivity index is 1.68. The Bertz CT molecular complexity index is 1220. The first-order valence-electron chi connectivity index (χ1n) is 9.18. The number of aryl methyl sites for hydroxylation is 1. The smallest absolute Gasteiger partial charge is 0.268 e. The molecule has 8 heteroatoms. The summed E-state index contributed by atoms with van der Waals surface area (Å²) in [5.41, 5.74) is 3.19. The van der Waals surface area contributed by atoms with Crippen molar-refractivity contribution in [3.8, 4) is 34.3 Å². The Kier molecular flexibility index (Phi) is 5.05. The molecule has 1 amide bonds. The van der Waals surface area contributed by atoms with Gasteiger partial charge in [-0.1, -0.05) is 24.3 Å². The van der Waals surface area contributed by atoms with E-state index in [1.54, 1.807) is 69.7 Å². The monoisotopic (exact) mass is 403 g/mol. The highest BCUT2D eigenvalue weighted by atomic mass is 19.1. The third kappa shape index (κ3) is 3.67. The highest BCUT2D eigenvalue weighted by molar-refractivity contribution is 5.94. The van der Waals surface area contributed by atoms with Gasteiger partial charge in [-0.3, -0.25) is 9.78 Å². The number of rotatable bonds is 4. The molecule has 2 aromatic carbocycles. The second kappa shape index (κ2) is 7.82. The Morgan fingerprint density at radius 2 is 1.70 bits per heavy atom. The summed E-state index contributed by atoms with van der Waals surface area (Å²) in [6.07, 6.45) is 1.63. The minimum atomic E-state index is -0.448. The second-order valence-corrected chi connectivity index (χ2v) is 6.86. The molecule has 2 heterocycles. The van der Waals surface area contributed by atoms with Crippen LogP contribution in [0.4, 0.5) is 4.39 Å². The van der Waals surface area contributed by atoms with Crippen molar-refractivity contribution in [3.63, 3.8) is 0 Å². The maximum Gasteiger partial charge on any atom is 0.268 e. The van der Waals surface area contributed by atoms with E-state index in [1.807, 2.05) is 0 Å². The van der Waals surface area contributed by atoms with Crippen molar-refractivity contribution in [2.75, 3.05) is 14.1 Å². The molecule has 0 spiro atoms. The number of hydrogen-bond donors (Lipinski definition) is 0. The molecule has 0 saturated heterocycles. The predicted octanol–water partition coefficient (Wildman–Crippen LogP) is 4.01. The largest absolute Gasteiger partial charge is 0.414 e. The average molecular weight is 403 g/mol. The van der Waals surface area contributed by atoms with Gasteiger partial charge < -0.3 is 9.32 Å².